The van der Waals surface area contributed by atoms with Gasteiger partial charge in [-0.25, -0.2) is 9.67 Å². The number of carbonyl (C=O) groups excluding carboxylic acids is 1. The number of halogens is 2. The molecule has 0 aliphatic carbocycles. The monoisotopic (exact) mass is 403 g/mol. The van der Waals surface area contributed by atoms with E-state index in [1.807, 2.05) is 29.6 Å². The van der Waals surface area contributed by atoms with E-state index in [1.54, 1.807) is 22.9 Å². The molecule has 26 heavy (non-hydrogen) atoms. The molecule has 6 nitrogen and oxygen atoms in total. The lowest BCUT2D eigenvalue weighted by Crippen LogP contribution is -2.19. The Bertz CT molecular complexity index is 1110. The summed E-state index contributed by atoms with van der Waals surface area (Å²) in [6, 6.07) is 12.6. The van der Waals surface area contributed by atoms with Crippen molar-refractivity contribution in [2.24, 2.45) is 0 Å². The highest BCUT2D eigenvalue weighted by Gasteiger charge is 2.13. The SMILES string of the molecule is O=C(Cn1nnc2ccccc21)Nc1nc(-c2cc(Cl)ccc2Cl)cs1. The molecule has 0 saturated heterocycles. The molecule has 2 aromatic carbocycles. The van der Waals surface area contributed by atoms with Crippen molar-refractivity contribution in [3.8, 4) is 11.3 Å². The van der Waals surface area contributed by atoms with Crippen LogP contribution >= 0.6 is 34.5 Å². The fourth-order valence-corrected chi connectivity index (χ4v) is 3.59. The van der Waals surface area contributed by atoms with Gasteiger partial charge in [0.15, 0.2) is 5.13 Å². The molecular formula is C17H11Cl2N5OS. The summed E-state index contributed by atoms with van der Waals surface area (Å²) in [5.41, 5.74) is 2.92. The van der Waals surface area contributed by atoms with Crippen LogP contribution in [0, 0.1) is 0 Å². The van der Waals surface area contributed by atoms with Crippen LogP contribution in [0.4, 0.5) is 5.13 Å². The summed E-state index contributed by atoms with van der Waals surface area (Å²) in [7, 11) is 0. The molecule has 0 aliphatic heterocycles. The van der Waals surface area contributed by atoms with Gasteiger partial charge in [0.25, 0.3) is 0 Å². The van der Waals surface area contributed by atoms with E-state index in [0.717, 1.165) is 16.6 Å². The molecule has 0 saturated carbocycles. The van der Waals surface area contributed by atoms with Crippen molar-refractivity contribution in [1.29, 1.82) is 0 Å². The van der Waals surface area contributed by atoms with E-state index < -0.39 is 0 Å². The second-order valence-electron chi connectivity index (χ2n) is 5.45. The highest BCUT2D eigenvalue weighted by atomic mass is 35.5. The summed E-state index contributed by atoms with van der Waals surface area (Å²) in [4.78, 5) is 16.7. The molecule has 0 unspecified atom stereocenters. The average Bonchev–Trinajstić information content (AvgIpc) is 3.25. The fourth-order valence-electron chi connectivity index (χ4n) is 2.48. The van der Waals surface area contributed by atoms with Gasteiger partial charge in [-0.05, 0) is 30.3 Å². The van der Waals surface area contributed by atoms with Gasteiger partial charge in [0, 0.05) is 16.0 Å². The van der Waals surface area contributed by atoms with E-state index in [0.29, 0.717) is 20.9 Å². The van der Waals surface area contributed by atoms with Crippen LogP contribution in [0.5, 0.6) is 0 Å². The number of fused-ring (bicyclic) bond motifs is 1. The van der Waals surface area contributed by atoms with Crippen molar-refractivity contribution >= 4 is 56.6 Å². The number of hydrogen-bond donors (Lipinski definition) is 1. The number of amides is 1. The predicted octanol–water partition coefficient (Wildman–Crippen LogP) is 4.50. The first-order chi connectivity index (χ1) is 12.6. The Labute approximate surface area is 162 Å². The zero-order chi connectivity index (χ0) is 18.1. The van der Waals surface area contributed by atoms with Gasteiger partial charge in [-0.3, -0.25) is 4.79 Å². The minimum Gasteiger partial charge on any atom is -0.300 e. The van der Waals surface area contributed by atoms with Crippen LogP contribution in [-0.2, 0) is 11.3 Å². The van der Waals surface area contributed by atoms with Gasteiger partial charge in [0.2, 0.25) is 5.91 Å². The third-order valence-electron chi connectivity index (χ3n) is 3.67. The minimum atomic E-state index is -0.237. The van der Waals surface area contributed by atoms with Gasteiger partial charge >= 0.3 is 0 Å². The van der Waals surface area contributed by atoms with Crippen LogP contribution in [0.2, 0.25) is 10.0 Å². The first kappa shape index (κ1) is 17.0. The zero-order valence-electron chi connectivity index (χ0n) is 13.2. The fraction of sp³-hybridized carbons (Fsp3) is 0.0588. The molecule has 0 aliphatic rings. The highest BCUT2D eigenvalue weighted by molar-refractivity contribution is 7.14. The molecule has 1 amide bonds. The van der Waals surface area contributed by atoms with Crippen molar-refractivity contribution in [2.75, 3.05) is 5.32 Å². The molecule has 0 fully saturated rings. The Morgan fingerprint density at radius 1 is 1.19 bits per heavy atom. The maximum atomic E-state index is 12.3. The Morgan fingerprint density at radius 3 is 2.92 bits per heavy atom. The number of nitrogens with one attached hydrogen (secondary N) is 1. The van der Waals surface area contributed by atoms with Gasteiger partial charge < -0.3 is 5.32 Å². The van der Waals surface area contributed by atoms with Crippen molar-refractivity contribution in [3.05, 3.63) is 57.9 Å². The van der Waals surface area contributed by atoms with Gasteiger partial charge in [-0.2, -0.15) is 0 Å². The van der Waals surface area contributed by atoms with Gasteiger partial charge in [-0.15, -0.1) is 16.4 Å². The second-order valence-corrected chi connectivity index (χ2v) is 7.15. The van der Waals surface area contributed by atoms with Crippen molar-refractivity contribution in [3.63, 3.8) is 0 Å². The number of benzene rings is 2. The first-order valence-electron chi connectivity index (χ1n) is 7.59. The number of carbonyl (C=O) groups is 1. The van der Waals surface area contributed by atoms with E-state index in [2.05, 4.69) is 20.6 Å². The quantitative estimate of drug-likeness (QED) is 0.544. The molecule has 0 bridgehead atoms. The Kier molecular flexibility index (Phi) is 4.58. The number of rotatable bonds is 4. The number of aromatic nitrogens is 4. The van der Waals surface area contributed by atoms with Crippen molar-refractivity contribution in [2.45, 2.75) is 6.54 Å². The van der Waals surface area contributed by atoms with Crippen LogP contribution in [0.15, 0.2) is 47.8 Å². The van der Waals surface area contributed by atoms with Crippen LogP contribution in [0.3, 0.4) is 0 Å². The maximum Gasteiger partial charge on any atom is 0.247 e. The largest absolute Gasteiger partial charge is 0.300 e. The molecule has 2 aromatic heterocycles. The number of thiazole rings is 1. The van der Waals surface area contributed by atoms with Gasteiger partial charge in [0.05, 0.1) is 16.2 Å². The van der Waals surface area contributed by atoms with Gasteiger partial charge in [0.1, 0.15) is 12.1 Å². The number of para-hydroxylation sites is 1. The molecular weight excluding hydrogens is 393 g/mol. The topological polar surface area (TPSA) is 72.7 Å². The molecule has 0 atom stereocenters. The molecule has 0 spiro atoms. The summed E-state index contributed by atoms with van der Waals surface area (Å²) in [6.45, 7) is 0.0490. The van der Waals surface area contributed by atoms with E-state index in [1.165, 1.54) is 11.3 Å². The predicted molar refractivity (Wildman–Crippen MR) is 104 cm³/mol. The smallest absolute Gasteiger partial charge is 0.247 e. The third-order valence-corrected chi connectivity index (χ3v) is 4.99. The van der Waals surface area contributed by atoms with Gasteiger partial charge in [-0.1, -0.05) is 40.5 Å². The number of hydrogen-bond acceptors (Lipinski definition) is 5. The number of nitrogens with zero attached hydrogens (tertiary/aromatic N) is 4. The lowest BCUT2D eigenvalue weighted by atomic mass is 10.2. The van der Waals surface area contributed by atoms with Crippen molar-refractivity contribution < 1.29 is 4.79 Å². The standard InChI is InChI=1S/C17H11Cl2N5OS/c18-10-5-6-12(19)11(7-10)14-9-26-17(20-14)21-16(25)8-24-15-4-2-1-3-13(15)22-23-24/h1-7,9H,8H2,(H,20,21,25). The molecule has 4 aromatic rings. The average molecular weight is 404 g/mol. The normalized spacial score (nSPS) is 11.0. The summed E-state index contributed by atoms with van der Waals surface area (Å²) in [5.74, 6) is -0.237. The molecule has 2 heterocycles. The first-order valence-corrected chi connectivity index (χ1v) is 9.23. The summed E-state index contributed by atoms with van der Waals surface area (Å²) in [5, 5.41) is 14.2. The van der Waals surface area contributed by atoms with Crippen molar-refractivity contribution in [1.82, 2.24) is 20.0 Å². The van der Waals surface area contributed by atoms with E-state index >= 15 is 0 Å². The summed E-state index contributed by atoms with van der Waals surface area (Å²) in [6.07, 6.45) is 0. The van der Waals surface area contributed by atoms with Crippen LogP contribution in [-0.4, -0.2) is 25.9 Å². The van der Waals surface area contributed by atoms with E-state index in [9.17, 15) is 4.79 Å². The Balaban J connectivity index is 1.50. The molecule has 0 radical (unpaired) electrons. The van der Waals surface area contributed by atoms with E-state index in [4.69, 9.17) is 23.2 Å². The maximum absolute atomic E-state index is 12.3. The molecule has 130 valence electrons. The molecule has 4 rings (SSSR count). The second kappa shape index (κ2) is 7.03. The lowest BCUT2D eigenvalue weighted by molar-refractivity contribution is -0.116. The highest BCUT2D eigenvalue weighted by Crippen LogP contribution is 2.32. The van der Waals surface area contributed by atoms with E-state index in [-0.39, 0.29) is 12.5 Å². The summed E-state index contributed by atoms with van der Waals surface area (Å²) >= 11 is 13.5. The molecule has 9 heteroatoms. The lowest BCUT2D eigenvalue weighted by Gasteiger charge is -2.03. The van der Waals surface area contributed by atoms with Crippen LogP contribution < -0.4 is 5.32 Å². The Hall–Kier alpha value is -2.48. The van der Waals surface area contributed by atoms with Crippen LogP contribution in [0.1, 0.15) is 0 Å². The minimum absolute atomic E-state index is 0.0490. The molecule has 1 N–H and O–H groups in total. The summed E-state index contributed by atoms with van der Waals surface area (Å²) < 4.78 is 1.55. The Morgan fingerprint density at radius 2 is 2.04 bits per heavy atom. The number of anilines is 1. The van der Waals surface area contributed by atoms with Crippen LogP contribution in [0.25, 0.3) is 22.3 Å². The third kappa shape index (κ3) is 3.41. The zero-order valence-corrected chi connectivity index (χ0v) is 15.5.